The van der Waals surface area contributed by atoms with E-state index in [9.17, 15) is 0 Å². The first-order valence-corrected chi connectivity index (χ1v) is 7.06. The molecule has 0 saturated heterocycles. The van der Waals surface area contributed by atoms with Gasteiger partial charge in [-0.15, -0.1) is 0 Å². The van der Waals surface area contributed by atoms with Gasteiger partial charge >= 0.3 is 0 Å². The van der Waals surface area contributed by atoms with Crippen molar-refractivity contribution in [2.45, 2.75) is 32.7 Å². The monoisotopic (exact) mass is 265 g/mol. The molecule has 0 fully saturated rings. The summed E-state index contributed by atoms with van der Waals surface area (Å²) < 4.78 is 0. The first-order chi connectivity index (χ1) is 9.46. The van der Waals surface area contributed by atoms with Crippen molar-refractivity contribution in [2.75, 3.05) is 0 Å². The quantitative estimate of drug-likeness (QED) is 0.907. The summed E-state index contributed by atoms with van der Waals surface area (Å²) in [6.45, 7) is 6.25. The normalized spacial score (nSPS) is 14.3. The van der Waals surface area contributed by atoms with Crippen LogP contribution >= 0.6 is 0 Å². The third-order valence-electron chi connectivity index (χ3n) is 3.26. The summed E-state index contributed by atoms with van der Waals surface area (Å²) in [6, 6.07) is 19.0. The van der Waals surface area contributed by atoms with Gasteiger partial charge in [0.15, 0.2) is 0 Å². The van der Waals surface area contributed by atoms with E-state index in [1.165, 1.54) is 21.6 Å². The van der Waals surface area contributed by atoms with Gasteiger partial charge in [-0.25, -0.2) is 0 Å². The molecule has 104 valence electrons. The Hall–Kier alpha value is -1.86. The van der Waals surface area contributed by atoms with E-state index in [1.54, 1.807) is 0 Å². The Balaban J connectivity index is 2.51. The second-order valence-electron chi connectivity index (χ2n) is 6.00. The topological polar surface area (TPSA) is 26.0 Å². The third-order valence-corrected chi connectivity index (χ3v) is 3.26. The lowest BCUT2D eigenvalue weighted by atomic mass is 10.00. The molecule has 0 saturated carbocycles. The lowest BCUT2D eigenvalue weighted by Crippen LogP contribution is -2.36. The zero-order valence-electron chi connectivity index (χ0n) is 12.6. The second kappa shape index (κ2) is 6.06. The fourth-order valence-electron chi connectivity index (χ4n) is 2.41. The van der Waals surface area contributed by atoms with E-state index in [1.807, 2.05) is 13.8 Å². The lowest BCUT2D eigenvalue weighted by molar-refractivity contribution is 0.692. The van der Waals surface area contributed by atoms with Crippen LogP contribution in [0.2, 0.25) is 0 Å². The highest BCUT2D eigenvalue weighted by atomic mass is 14.7. The fourth-order valence-corrected chi connectivity index (χ4v) is 2.41. The van der Waals surface area contributed by atoms with Gasteiger partial charge in [0.05, 0.1) is 0 Å². The van der Waals surface area contributed by atoms with Crippen LogP contribution in [0, 0.1) is 0 Å². The summed E-state index contributed by atoms with van der Waals surface area (Å²) in [4.78, 5) is 0. The van der Waals surface area contributed by atoms with E-state index >= 15 is 0 Å². The second-order valence-corrected chi connectivity index (χ2v) is 6.00. The van der Waals surface area contributed by atoms with Crippen LogP contribution in [0.25, 0.3) is 11.6 Å². The minimum Gasteiger partial charge on any atom is -0.322 e. The van der Waals surface area contributed by atoms with Crippen LogP contribution in [0.1, 0.15) is 26.3 Å². The molecule has 2 rings (SSSR count). The molecule has 0 bridgehead atoms. The predicted octanol–water partition coefficient (Wildman–Crippen LogP) is 2.62. The Morgan fingerprint density at radius 2 is 1.60 bits per heavy atom. The molecule has 0 aliphatic rings. The van der Waals surface area contributed by atoms with Crippen LogP contribution in [0.5, 0.6) is 0 Å². The number of hydrogen-bond acceptors (Lipinski definition) is 1. The maximum Gasteiger partial charge on any atom is 0.0290 e. The SMILES string of the molecule is C/C(Cc1ccccc1)=c1\cccc\c1=C\C(C)(C)N. The zero-order valence-corrected chi connectivity index (χ0v) is 12.6. The molecule has 0 aliphatic heterocycles. The molecule has 1 heteroatoms. The van der Waals surface area contributed by atoms with Crippen molar-refractivity contribution >= 4 is 11.6 Å². The Labute approximate surface area is 121 Å². The van der Waals surface area contributed by atoms with Crippen LogP contribution in [0.15, 0.2) is 54.6 Å². The Bertz CT molecular complexity index is 676. The highest BCUT2D eigenvalue weighted by Gasteiger charge is 2.05. The molecular weight excluding hydrogens is 242 g/mol. The first kappa shape index (κ1) is 14.5. The molecule has 0 heterocycles. The summed E-state index contributed by atoms with van der Waals surface area (Å²) in [5.74, 6) is 0. The third kappa shape index (κ3) is 4.07. The molecule has 0 amide bonds. The van der Waals surface area contributed by atoms with Gasteiger partial charge in [0.25, 0.3) is 0 Å². The van der Waals surface area contributed by atoms with E-state index in [2.05, 4.69) is 67.6 Å². The highest BCUT2D eigenvalue weighted by Crippen LogP contribution is 2.06. The molecule has 0 aromatic heterocycles. The van der Waals surface area contributed by atoms with E-state index in [0.717, 1.165) is 6.42 Å². The van der Waals surface area contributed by atoms with Gasteiger partial charge in [0.1, 0.15) is 0 Å². The Kier molecular flexibility index (Phi) is 4.41. The van der Waals surface area contributed by atoms with Crippen LogP contribution in [0.4, 0.5) is 0 Å². The van der Waals surface area contributed by atoms with Crippen molar-refractivity contribution < 1.29 is 0 Å². The van der Waals surface area contributed by atoms with Crippen molar-refractivity contribution in [3.63, 3.8) is 0 Å². The zero-order chi connectivity index (χ0) is 14.6. The van der Waals surface area contributed by atoms with Crippen LogP contribution in [0.3, 0.4) is 0 Å². The molecule has 2 aromatic carbocycles. The standard InChI is InChI=1S/C19H23N/c1-15(13-16-9-5-4-6-10-16)18-12-8-7-11-17(18)14-19(2,3)20/h4-12,14H,13,20H2,1-3H3/b17-14-,18-15-. The van der Waals surface area contributed by atoms with Crippen molar-refractivity contribution in [2.24, 2.45) is 5.73 Å². The molecule has 0 atom stereocenters. The van der Waals surface area contributed by atoms with Gasteiger partial charge < -0.3 is 5.73 Å². The van der Waals surface area contributed by atoms with E-state index in [0.29, 0.717) is 0 Å². The lowest BCUT2D eigenvalue weighted by Gasteiger charge is -2.12. The molecule has 2 N–H and O–H groups in total. The van der Waals surface area contributed by atoms with Crippen LogP contribution in [-0.4, -0.2) is 5.54 Å². The maximum atomic E-state index is 6.12. The maximum absolute atomic E-state index is 6.12. The summed E-state index contributed by atoms with van der Waals surface area (Å²) in [7, 11) is 0. The minimum absolute atomic E-state index is 0.302. The van der Waals surface area contributed by atoms with Crippen LogP contribution in [-0.2, 0) is 6.42 Å². The Morgan fingerprint density at radius 1 is 1.00 bits per heavy atom. The van der Waals surface area contributed by atoms with Gasteiger partial charge in [0.2, 0.25) is 0 Å². The van der Waals surface area contributed by atoms with Crippen molar-refractivity contribution in [3.05, 3.63) is 70.6 Å². The molecule has 1 nitrogen and oxygen atoms in total. The Morgan fingerprint density at radius 3 is 2.25 bits per heavy atom. The smallest absolute Gasteiger partial charge is 0.0290 e. The predicted molar refractivity (Wildman–Crippen MR) is 87.7 cm³/mol. The van der Waals surface area contributed by atoms with E-state index in [4.69, 9.17) is 5.73 Å². The van der Waals surface area contributed by atoms with E-state index in [-0.39, 0.29) is 5.54 Å². The minimum atomic E-state index is -0.302. The summed E-state index contributed by atoms with van der Waals surface area (Å²) in [5.41, 5.74) is 8.53. The molecule has 0 aliphatic carbocycles. The largest absolute Gasteiger partial charge is 0.322 e. The van der Waals surface area contributed by atoms with Crippen molar-refractivity contribution in [1.82, 2.24) is 0 Å². The number of hydrogen-bond donors (Lipinski definition) is 1. The van der Waals surface area contributed by atoms with Crippen molar-refractivity contribution in [3.8, 4) is 0 Å². The van der Waals surface area contributed by atoms with Crippen molar-refractivity contribution in [1.29, 1.82) is 0 Å². The number of rotatable bonds is 3. The van der Waals surface area contributed by atoms with Crippen LogP contribution < -0.4 is 16.2 Å². The fraction of sp³-hybridized carbons (Fsp3) is 0.263. The van der Waals surface area contributed by atoms with Gasteiger partial charge in [-0.2, -0.15) is 0 Å². The average molecular weight is 265 g/mol. The van der Waals surface area contributed by atoms with Gasteiger partial charge in [-0.3, -0.25) is 0 Å². The summed E-state index contributed by atoms with van der Waals surface area (Å²) in [6.07, 6.45) is 3.10. The van der Waals surface area contributed by atoms with E-state index < -0.39 is 0 Å². The summed E-state index contributed by atoms with van der Waals surface area (Å²) >= 11 is 0. The highest BCUT2D eigenvalue weighted by molar-refractivity contribution is 5.49. The average Bonchev–Trinajstić information content (AvgIpc) is 2.38. The molecular formula is C19H23N. The summed E-state index contributed by atoms with van der Waals surface area (Å²) in [5, 5.41) is 2.50. The molecule has 20 heavy (non-hydrogen) atoms. The van der Waals surface area contributed by atoms with Gasteiger partial charge in [-0.1, -0.05) is 66.2 Å². The van der Waals surface area contributed by atoms with Gasteiger partial charge in [0, 0.05) is 5.54 Å². The number of benzene rings is 2. The number of nitrogens with two attached hydrogens (primary N) is 1. The molecule has 2 aromatic rings. The van der Waals surface area contributed by atoms with Gasteiger partial charge in [-0.05, 0) is 43.2 Å². The molecule has 0 radical (unpaired) electrons. The molecule has 0 spiro atoms. The molecule has 0 unspecified atom stereocenters. The first-order valence-electron chi connectivity index (χ1n) is 7.06.